The zero-order valence-corrected chi connectivity index (χ0v) is 16.5. The first-order valence-electron chi connectivity index (χ1n) is 9.13. The fraction of sp³-hybridized carbons (Fsp3) is 0.286. The number of hydrogen-bond donors (Lipinski definition) is 3. The molecule has 29 heavy (non-hydrogen) atoms. The molecule has 0 radical (unpaired) electrons. The molecule has 0 atom stereocenters. The second kappa shape index (κ2) is 11.5. The number of carbonyl (C=O) groups is 3. The van der Waals surface area contributed by atoms with Crippen molar-refractivity contribution >= 4 is 23.4 Å². The highest BCUT2D eigenvalue weighted by Crippen LogP contribution is 2.16. The van der Waals surface area contributed by atoms with E-state index in [9.17, 15) is 14.4 Å². The largest absolute Gasteiger partial charge is 0.497 e. The summed E-state index contributed by atoms with van der Waals surface area (Å²) in [5.41, 5.74) is 1.39. The molecule has 0 unspecified atom stereocenters. The number of ether oxygens (including phenoxy) is 2. The van der Waals surface area contributed by atoms with E-state index in [0.717, 1.165) is 5.56 Å². The van der Waals surface area contributed by atoms with Crippen LogP contribution < -0.4 is 20.7 Å². The molecule has 0 aliphatic heterocycles. The van der Waals surface area contributed by atoms with E-state index in [4.69, 9.17) is 9.47 Å². The van der Waals surface area contributed by atoms with E-state index in [1.54, 1.807) is 38.5 Å². The Morgan fingerprint density at radius 1 is 0.931 bits per heavy atom. The van der Waals surface area contributed by atoms with Gasteiger partial charge in [0.1, 0.15) is 5.75 Å². The summed E-state index contributed by atoms with van der Waals surface area (Å²) < 4.78 is 10.1. The second-order valence-corrected chi connectivity index (χ2v) is 6.14. The lowest BCUT2D eigenvalue weighted by molar-refractivity contribution is -0.136. The maximum absolute atomic E-state index is 12.6. The molecule has 8 nitrogen and oxygen atoms in total. The van der Waals surface area contributed by atoms with Crippen LogP contribution in [0.2, 0.25) is 0 Å². The van der Waals surface area contributed by atoms with Crippen molar-refractivity contribution in [1.82, 2.24) is 10.6 Å². The molecule has 0 saturated heterocycles. The van der Waals surface area contributed by atoms with Crippen LogP contribution in [0, 0.1) is 0 Å². The van der Waals surface area contributed by atoms with Crippen molar-refractivity contribution in [3.63, 3.8) is 0 Å². The summed E-state index contributed by atoms with van der Waals surface area (Å²) in [5, 5.41) is 7.78. The summed E-state index contributed by atoms with van der Waals surface area (Å²) in [7, 11) is 3.13. The van der Waals surface area contributed by atoms with Gasteiger partial charge in [0.2, 0.25) is 0 Å². The molecule has 0 saturated carbocycles. The Balaban J connectivity index is 1.97. The van der Waals surface area contributed by atoms with Crippen LogP contribution in [0.3, 0.4) is 0 Å². The van der Waals surface area contributed by atoms with E-state index >= 15 is 0 Å². The zero-order valence-electron chi connectivity index (χ0n) is 16.5. The Hall–Kier alpha value is -3.39. The van der Waals surface area contributed by atoms with Crippen molar-refractivity contribution in [3.05, 3.63) is 59.7 Å². The number of carbonyl (C=O) groups excluding carboxylic acids is 3. The maximum Gasteiger partial charge on any atom is 0.313 e. The molecule has 0 heterocycles. The molecule has 0 aliphatic rings. The number of rotatable bonds is 9. The average molecular weight is 399 g/mol. The zero-order chi connectivity index (χ0) is 21.1. The highest BCUT2D eigenvalue weighted by atomic mass is 16.5. The molecule has 3 amide bonds. The normalized spacial score (nSPS) is 10.1. The second-order valence-electron chi connectivity index (χ2n) is 6.14. The van der Waals surface area contributed by atoms with Crippen molar-refractivity contribution in [2.24, 2.45) is 0 Å². The molecule has 3 N–H and O–H groups in total. The van der Waals surface area contributed by atoms with Crippen molar-refractivity contribution in [2.45, 2.75) is 13.0 Å². The van der Waals surface area contributed by atoms with Crippen LogP contribution in [-0.4, -0.2) is 45.1 Å². The maximum atomic E-state index is 12.6. The number of anilines is 1. The van der Waals surface area contributed by atoms with Gasteiger partial charge in [0.25, 0.3) is 5.91 Å². The topological polar surface area (TPSA) is 106 Å². The molecular formula is C21H25N3O5. The van der Waals surface area contributed by atoms with Gasteiger partial charge in [0, 0.05) is 26.8 Å². The number of nitrogens with one attached hydrogen (secondary N) is 3. The third-order valence-electron chi connectivity index (χ3n) is 4.02. The molecule has 2 aromatic carbocycles. The third kappa shape index (κ3) is 6.93. The van der Waals surface area contributed by atoms with Crippen LogP contribution in [0.25, 0.3) is 0 Å². The van der Waals surface area contributed by atoms with E-state index in [-0.39, 0.29) is 23.7 Å². The number of methoxy groups -OCH3 is 2. The highest BCUT2D eigenvalue weighted by molar-refractivity contribution is 6.40. The number of hydrogen-bond acceptors (Lipinski definition) is 5. The van der Waals surface area contributed by atoms with Crippen molar-refractivity contribution in [2.75, 3.05) is 32.7 Å². The van der Waals surface area contributed by atoms with Crippen LogP contribution in [0.1, 0.15) is 22.3 Å². The van der Waals surface area contributed by atoms with E-state index in [2.05, 4.69) is 16.0 Å². The number of amides is 3. The Morgan fingerprint density at radius 2 is 1.72 bits per heavy atom. The van der Waals surface area contributed by atoms with Gasteiger partial charge >= 0.3 is 11.8 Å². The van der Waals surface area contributed by atoms with E-state index in [0.29, 0.717) is 25.3 Å². The molecule has 0 fully saturated rings. The third-order valence-corrected chi connectivity index (χ3v) is 4.02. The van der Waals surface area contributed by atoms with Crippen LogP contribution in [0.4, 0.5) is 5.69 Å². The lowest BCUT2D eigenvalue weighted by Crippen LogP contribution is -2.36. The first-order valence-corrected chi connectivity index (χ1v) is 9.13. The fourth-order valence-corrected chi connectivity index (χ4v) is 2.53. The Morgan fingerprint density at radius 3 is 2.48 bits per heavy atom. The van der Waals surface area contributed by atoms with Crippen LogP contribution in [0.15, 0.2) is 48.5 Å². The first kappa shape index (κ1) is 21.9. The van der Waals surface area contributed by atoms with Crippen LogP contribution in [-0.2, 0) is 20.9 Å². The SMILES string of the molecule is COCCCNC(=O)C(=O)Nc1ccccc1C(=O)NCc1cccc(OC)c1. The molecule has 0 aliphatic carbocycles. The van der Waals surface area contributed by atoms with Gasteiger partial charge in [0.15, 0.2) is 0 Å². The Bertz CT molecular complexity index is 854. The first-order chi connectivity index (χ1) is 14.0. The Labute approximate surface area is 169 Å². The van der Waals surface area contributed by atoms with Gasteiger partial charge in [-0.25, -0.2) is 0 Å². The minimum Gasteiger partial charge on any atom is -0.497 e. The number of para-hydroxylation sites is 1. The predicted molar refractivity (Wildman–Crippen MR) is 109 cm³/mol. The lowest BCUT2D eigenvalue weighted by atomic mass is 10.1. The van der Waals surface area contributed by atoms with Crippen molar-refractivity contribution in [1.29, 1.82) is 0 Å². The molecular weight excluding hydrogens is 374 g/mol. The summed E-state index contributed by atoms with van der Waals surface area (Å²) in [5.74, 6) is -1.28. The smallest absolute Gasteiger partial charge is 0.313 e. The van der Waals surface area contributed by atoms with E-state index in [1.807, 2.05) is 24.3 Å². The summed E-state index contributed by atoms with van der Waals surface area (Å²) in [6.07, 6.45) is 0.596. The molecule has 0 bridgehead atoms. The Kier molecular flexibility index (Phi) is 8.65. The average Bonchev–Trinajstić information content (AvgIpc) is 2.75. The van der Waals surface area contributed by atoms with Crippen LogP contribution in [0.5, 0.6) is 5.75 Å². The van der Waals surface area contributed by atoms with Gasteiger partial charge in [-0.3, -0.25) is 14.4 Å². The van der Waals surface area contributed by atoms with Gasteiger partial charge in [0.05, 0.1) is 18.4 Å². The van der Waals surface area contributed by atoms with Gasteiger partial charge < -0.3 is 25.4 Å². The van der Waals surface area contributed by atoms with Gasteiger partial charge in [-0.15, -0.1) is 0 Å². The summed E-state index contributed by atoms with van der Waals surface area (Å²) in [6, 6.07) is 13.8. The minimum absolute atomic E-state index is 0.257. The van der Waals surface area contributed by atoms with E-state index in [1.165, 1.54) is 0 Å². The monoisotopic (exact) mass is 399 g/mol. The molecule has 0 aromatic heterocycles. The molecule has 154 valence electrons. The lowest BCUT2D eigenvalue weighted by Gasteiger charge is -2.12. The van der Waals surface area contributed by atoms with Crippen molar-refractivity contribution < 1.29 is 23.9 Å². The molecule has 2 rings (SSSR count). The standard InChI is InChI=1S/C21H25N3O5/c1-28-12-6-11-22-20(26)21(27)24-18-10-4-3-9-17(18)19(25)23-14-15-7-5-8-16(13-15)29-2/h3-5,7-10,13H,6,11-12,14H2,1-2H3,(H,22,26)(H,23,25)(H,24,27). The van der Waals surface area contributed by atoms with E-state index < -0.39 is 11.8 Å². The van der Waals surface area contributed by atoms with Gasteiger partial charge in [-0.1, -0.05) is 24.3 Å². The summed E-state index contributed by atoms with van der Waals surface area (Å²) in [6.45, 7) is 1.10. The van der Waals surface area contributed by atoms with Gasteiger partial charge in [-0.05, 0) is 36.2 Å². The molecule has 0 spiro atoms. The van der Waals surface area contributed by atoms with Crippen LogP contribution >= 0.6 is 0 Å². The number of benzene rings is 2. The fourth-order valence-electron chi connectivity index (χ4n) is 2.53. The predicted octanol–water partition coefficient (Wildman–Crippen LogP) is 1.72. The molecule has 2 aromatic rings. The summed E-state index contributed by atoms with van der Waals surface area (Å²) >= 11 is 0. The minimum atomic E-state index is -0.838. The summed E-state index contributed by atoms with van der Waals surface area (Å²) in [4.78, 5) is 36.6. The van der Waals surface area contributed by atoms with Gasteiger partial charge in [-0.2, -0.15) is 0 Å². The molecule has 8 heteroatoms. The highest BCUT2D eigenvalue weighted by Gasteiger charge is 2.17. The van der Waals surface area contributed by atoms with Crippen molar-refractivity contribution in [3.8, 4) is 5.75 Å². The quantitative estimate of drug-likeness (QED) is 0.440.